The topological polar surface area (TPSA) is 90.1 Å². The van der Waals surface area contributed by atoms with E-state index in [-0.39, 0.29) is 5.91 Å². The van der Waals surface area contributed by atoms with Gasteiger partial charge in [0.25, 0.3) is 5.91 Å². The average Bonchev–Trinajstić information content (AvgIpc) is 2.49. The first-order chi connectivity index (χ1) is 10.1. The van der Waals surface area contributed by atoms with Crippen molar-refractivity contribution in [3.63, 3.8) is 0 Å². The molecule has 0 atom stereocenters. The number of rotatable bonds is 5. The molecule has 0 fully saturated rings. The molecule has 110 valence electrons. The Kier molecular flexibility index (Phi) is 4.84. The van der Waals surface area contributed by atoms with E-state index in [4.69, 9.17) is 10.5 Å². The molecule has 6 heteroatoms. The molecule has 0 aliphatic carbocycles. The quantitative estimate of drug-likeness (QED) is 0.872. The standard InChI is InChI=1S/C15H18N4O2/c1-10-9-14(11(2)19-18-10)15(20)17-12-3-5-13(6-4-12)21-8-7-16/h3-6,9H,7-8,16H2,1-2H3,(H,17,20). The molecule has 1 aromatic heterocycles. The normalized spacial score (nSPS) is 10.2. The van der Waals surface area contributed by atoms with Crippen LogP contribution in [0.5, 0.6) is 5.75 Å². The van der Waals surface area contributed by atoms with Gasteiger partial charge in [0, 0.05) is 12.2 Å². The minimum atomic E-state index is -0.207. The zero-order chi connectivity index (χ0) is 15.2. The summed E-state index contributed by atoms with van der Waals surface area (Å²) in [6.45, 7) is 4.48. The van der Waals surface area contributed by atoms with E-state index in [1.54, 1.807) is 44.2 Å². The smallest absolute Gasteiger partial charge is 0.257 e. The number of nitrogens with one attached hydrogen (secondary N) is 1. The summed E-state index contributed by atoms with van der Waals surface area (Å²) in [6.07, 6.45) is 0. The lowest BCUT2D eigenvalue weighted by Gasteiger charge is -2.09. The van der Waals surface area contributed by atoms with Gasteiger partial charge in [0.2, 0.25) is 0 Å². The average molecular weight is 286 g/mol. The molecule has 0 saturated carbocycles. The van der Waals surface area contributed by atoms with E-state index in [9.17, 15) is 4.79 Å². The molecule has 6 nitrogen and oxygen atoms in total. The fourth-order valence-corrected chi connectivity index (χ4v) is 1.79. The largest absolute Gasteiger partial charge is 0.492 e. The monoisotopic (exact) mass is 286 g/mol. The summed E-state index contributed by atoms with van der Waals surface area (Å²) in [5.74, 6) is 0.511. The van der Waals surface area contributed by atoms with Crippen molar-refractivity contribution in [1.29, 1.82) is 0 Å². The lowest BCUT2D eigenvalue weighted by molar-refractivity contribution is 0.102. The van der Waals surface area contributed by atoms with Crippen molar-refractivity contribution in [2.45, 2.75) is 13.8 Å². The third-order valence-electron chi connectivity index (χ3n) is 2.84. The molecule has 0 radical (unpaired) electrons. The summed E-state index contributed by atoms with van der Waals surface area (Å²) >= 11 is 0. The van der Waals surface area contributed by atoms with Crippen LogP contribution in [-0.2, 0) is 0 Å². The Morgan fingerprint density at radius 3 is 2.62 bits per heavy atom. The van der Waals surface area contributed by atoms with Gasteiger partial charge in [0.05, 0.1) is 17.0 Å². The molecule has 2 aromatic rings. The maximum Gasteiger partial charge on any atom is 0.257 e. The molecule has 0 saturated heterocycles. The Labute approximate surface area is 123 Å². The number of nitrogens with two attached hydrogens (primary N) is 1. The maximum atomic E-state index is 12.2. The van der Waals surface area contributed by atoms with Crippen LogP contribution in [0.3, 0.4) is 0 Å². The summed E-state index contributed by atoms with van der Waals surface area (Å²) in [4.78, 5) is 12.2. The number of aryl methyl sites for hydroxylation is 2. The van der Waals surface area contributed by atoms with Crippen molar-refractivity contribution in [3.05, 3.63) is 47.3 Å². The molecule has 1 aromatic carbocycles. The van der Waals surface area contributed by atoms with Crippen molar-refractivity contribution in [2.24, 2.45) is 5.73 Å². The van der Waals surface area contributed by atoms with E-state index in [0.29, 0.717) is 35.8 Å². The highest BCUT2D eigenvalue weighted by Crippen LogP contribution is 2.17. The molecule has 0 unspecified atom stereocenters. The van der Waals surface area contributed by atoms with Gasteiger partial charge in [-0.05, 0) is 44.2 Å². The van der Waals surface area contributed by atoms with Crippen molar-refractivity contribution >= 4 is 11.6 Å². The first kappa shape index (κ1) is 14.9. The molecule has 1 heterocycles. The summed E-state index contributed by atoms with van der Waals surface area (Å²) in [5.41, 5.74) is 7.88. The van der Waals surface area contributed by atoms with Gasteiger partial charge >= 0.3 is 0 Å². The number of carbonyl (C=O) groups is 1. The SMILES string of the molecule is Cc1cc(C(=O)Nc2ccc(OCCN)cc2)c(C)nn1. The molecule has 0 aliphatic heterocycles. The number of hydrogen-bond acceptors (Lipinski definition) is 5. The van der Waals surface area contributed by atoms with E-state index in [1.807, 2.05) is 0 Å². The summed E-state index contributed by atoms with van der Waals surface area (Å²) < 4.78 is 5.38. The molecular weight excluding hydrogens is 268 g/mol. The van der Waals surface area contributed by atoms with E-state index < -0.39 is 0 Å². The van der Waals surface area contributed by atoms with Gasteiger partial charge in [-0.25, -0.2) is 0 Å². The number of anilines is 1. The maximum absolute atomic E-state index is 12.2. The molecule has 0 aliphatic rings. The highest BCUT2D eigenvalue weighted by molar-refractivity contribution is 6.05. The summed E-state index contributed by atoms with van der Waals surface area (Å²) in [7, 11) is 0. The van der Waals surface area contributed by atoms with Crippen LogP contribution < -0.4 is 15.8 Å². The van der Waals surface area contributed by atoms with Gasteiger partial charge in [0.1, 0.15) is 12.4 Å². The number of amides is 1. The molecule has 0 bridgehead atoms. The van der Waals surface area contributed by atoms with Gasteiger partial charge < -0.3 is 15.8 Å². The highest BCUT2D eigenvalue weighted by atomic mass is 16.5. The third-order valence-corrected chi connectivity index (χ3v) is 2.84. The van der Waals surface area contributed by atoms with Gasteiger partial charge in [-0.2, -0.15) is 10.2 Å². The van der Waals surface area contributed by atoms with Crippen LogP contribution in [0.15, 0.2) is 30.3 Å². The fraction of sp³-hybridized carbons (Fsp3) is 0.267. The first-order valence-corrected chi connectivity index (χ1v) is 6.65. The summed E-state index contributed by atoms with van der Waals surface area (Å²) in [5, 5.41) is 10.7. The van der Waals surface area contributed by atoms with Crippen LogP contribution >= 0.6 is 0 Å². The van der Waals surface area contributed by atoms with Crippen molar-refractivity contribution in [1.82, 2.24) is 10.2 Å². The van der Waals surface area contributed by atoms with Crippen LogP contribution in [0, 0.1) is 13.8 Å². The second-order valence-corrected chi connectivity index (χ2v) is 4.60. The van der Waals surface area contributed by atoms with E-state index in [0.717, 1.165) is 5.75 Å². The van der Waals surface area contributed by atoms with Crippen LogP contribution in [-0.4, -0.2) is 29.3 Å². The minimum absolute atomic E-state index is 0.207. The van der Waals surface area contributed by atoms with Crippen LogP contribution in [0.1, 0.15) is 21.7 Å². The van der Waals surface area contributed by atoms with Gasteiger partial charge in [-0.1, -0.05) is 0 Å². The van der Waals surface area contributed by atoms with Crippen LogP contribution in [0.25, 0.3) is 0 Å². The van der Waals surface area contributed by atoms with Gasteiger partial charge in [-0.3, -0.25) is 4.79 Å². The first-order valence-electron chi connectivity index (χ1n) is 6.65. The molecular formula is C15H18N4O2. The van der Waals surface area contributed by atoms with Crippen molar-refractivity contribution in [3.8, 4) is 5.75 Å². The predicted octanol–water partition coefficient (Wildman–Crippen LogP) is 1.68. The zero-order valence-corrected chi connectivity index (χ0v) is 12.1. The Morgan fingerprint density at radius 1 is 1.24 bits per heavy atom. The summed E-state index contributed by atoms with van der Waals surface area (Å²) in [6, 6.07) is 8.85. The van der Waals surface area contributed by atoms with Gasteiger partial charge in [-0.15, -0.1) is 0 Å². The Balaban J connectivity index is 2.07. The number of benzene rings is 1. The van der Waals surface area contributed by atoms with Crippen molar-refractivity contribution < 1.29 is 9.53 Å². The number of ether oxygens (including phenoxy) is 1. The minimum Gasteiger partial charge on any atom is -0.492 e. The van der Waals surface area contributed by atoms with Crippen LogP contribution in [0.4, 0.5) is 5.69 Å². The molecule has 0 spiro atoms. The van der Waals surface area contributed by atoms with Gasteiger partial charge in [0.15, 0.2) is 0 Å². The second kappa shape index (κ2) is 6.81. The van der Waals surface area contributed by atoms with Crippen LogP contribution in [0.2, 0.25) is 0 Å². The molecule has 21 heavy (non-hydrogen) atoms. The molecule has 2 rings (SSSR count). The Morgan fingerprint density at radius 2 is 1.95 bits per heavy atom. The predicted molar refractivity (Wildman–Crippen MR) is 80.5 cm³/mol. The third kappa shape index (κ3) is 4.00. The Hall–Kier alpha value is -2.47. The number of hydrogen-bond donors (Lipinski definition) is 2. The Bertz CT molecular complexity index is 626. The van der Waals surface area contributed by atoms with E-state index in [2.05, 4.69) is 15.5 Å². The fourth-order valence-electron chi connectivity index (χ4n) is 1.79. The highest BCUT2D eigenvalue weighted by Gasteiger charge is 2.11. The number of carbonyl (C=O) groups excluding carboxylic acids is 1. The van der Waals surface area contributed by atoms with E-state index in [1.165, 1.54) is 0 Å². The zero-order valence-electron chi connectivity index (χ0n) is 12.1. The molecule has 1 amide bonds. The lowest BCUT2D eigenvalue weighted by Crippen LogP contribution is -2.15. The van der Waals surface area contributed by atoms with E-state index >= 15 is 0 Å². The van der Waals surface area contributed by atoms with Crippen molar-refractivity contribution in [2.75, 3.05) is 18.5 Å². The molecule has 3 N–H and O–H groups in total. The number of aromatic nitrogens is 2. The lowest BCUT2D eigenvalue weighted by atomic mass is 10.2. The number of nitrogens with zero attached hydrogens (tertiary/aromatic N) is 2. The second-order valence-electron chi connectivity index (χ2n) is 4.60.